The Hall–Kier alpha value is -2.69. The molecule has 0 aliphatic carbocycles. The van der Waals surface area contributed by atoms with Gasteiger partial charge in [-0.1, -0.05) is 19.9 Å². The van der Waals surface area contributed by atoms with Crippen LogP contribution in [0.2, 0.25) is 0 Å². The number of hydrogen-bond acceptors (Lipinski definition) is 6. The van der Waals surface area contributed by atoms with E-state index in [1.54, 1.807) is 14.2 Å². The SMILES string of the molecule is COc1ccc(CCN2C(=O)[C@H](C(C)C)NC23CCN(S(=O)(=O)c2ccc(F)cc2)CC3)cc1OC. The van der Waals surface area contributed by atoms with Crippen LogP contribution >= 0.6 is 0 Å². The van der Waals surface area contributed by atoms with Gasteiger partial charge >= 0.3 is 0 Å². The second-order valence-electron chi connectivity index (χ2n) is 9.68. The molecule has 2 aliphatic rings. The molecule has 36 heavy (non-hydrogen) atoms. The molecule has 1 atom stereocenters. The van der Waals surface area contributed by atoms with Crippen LogP contribution in [0, 0.1) is 11.7 Å². The number of halogens is 1. The molecule has 1 amide bonds. The highest BCUT2D eigenvalue weighted by atomic mass is 32.2. The minimum atomic E-state index is -3.75. The average molecular weight is 520 g/mol. The molecule has 2 heterocycles. The molecule has 0 aromatic heterocycles. The van der Waals surface area contributed by atoms with Gasteiger partial charge in [0.2, 0.25) is 15.9 Å². The first-order valence-electron chi connectivity index (χ1n) is 12.2. The summed E-state index contributed by atoms with van der Waals surface area (Å²) >= 11 is 0. The number of sulfonamides is 1. The molecule has 8 nitrogen and oxygen atoms in total. The zero-order valence-electron chi connectivity index (χ0n) is 21.2. The number of amides is 1. The predicted molar refractivity (Wildman–Crippen MR) is 134 cm³/mol. The Morgan fingerprint density at radius 2 is 1.69 bits per heavy atom. The van der Waals surface area contributed by atoms with Gasteiger partial charge < -0.3 is 14.4 Å². The fourth-order valence-electron chi connectivity index (χ4n) is 5.13. The van der Waals surface area contributed by atoms with Crippen LogP contribution in [0.5, 0.6) is 11.5 Å². The average Bonchev–Trinajstić information content (AvgIpc) is 3.14. The number of carbonyl (C=O) groups excluding carboxylic acids is 1. The summed E-state index contributed by atoms with van der Waals surface area (Å²) in [7, 11) is -0.569. The van der Waals surface area contributed by atoms with Gasteiger partial charge in [0.25, 0.3) is 0 Å². The van der Waals surface area contributed by atoms with E-state index < -0.39 is 21.5 Å². The van der Waals surface area contributed by atoms with Crippen molar-refractivity contribution in [3.8, 4) is 11.5 Å². The number of piperidine rings is 1. The quantitative estimate of drug-likeness (QED) is 0.577. The van der Waals surface area contributed by atoms with Gasteiger partial charge in [0, 0.05) is 19.6 Å². The Morgan fingerprint density at radius 3 is 2.28 bits per heavy atom. The lowest BCUT2D eigenvalue weighted by atomic mass is 9.96. The van der Waals surface area contributed by atoms with Crippen molar-refractivity contribution >= 4 is 15.9 Å². The van der Waals surface area contributed by atoms with E-state index >= 15 is 0 Å². The van der Waals surface area contributed by atoms with Gasteiger partial charge in [0.1, 0.15) is 5.82 Å². The number of methoxy groups -OCH3 is 2. The smallest absolute Gasteiger partial charge is 0.243 e. The fourth-order valence-corrected chi connectivity index (χ4v) is 6.57. The summed E-state index contributed by atoms with van der Waals surface area (Å²) in [6.07, 6.45) is 1.56. The first kappa shape index (κ1) is 26.4. The van der Waals surface area contributed by atoms with E-state index in [2.05, 4.69) is 5.32 Å². The van der Waals surface area contributed by atoms with Crippen LogP contribution < -0.4 is 14.8 Å². The zero-order valence-corrected chi connectivity index (χ0v) is 22.0. The molecule has 0 unspecified atom stereocenters. The highest BCUT2D eigenvalue weighted by Crippen LogP contribution is 2.36. The Morgan fingerprint density at radius 1 is 1.06 bits per heavy atom. The van der Waals surface area contributed by atoms with Crippen molar-refractivity contribution in [2.45, 2.75) is 49.7 Å². The normalized spacial score (nSPS) is 20.3. The summed E-state index contributed by atoms with van der Waals surface area (Å²) in [4.78, 5) is 15.4. The Labute approximate surface area is 212 Å². The van der Waals surface area contributed by atoms with Crippen LogP contribution in [-0.4, -0.2) is 69.1 Å². The molecule has 2 aromatic carbocycles. The first-order chi connectivity index (χ1) is 17.1. The molecule has 4 rings (SSSR count). The standard InChI is InChI=1S/C26H34FN3O5S/c1-18(2)24-25(31)30(14-11-19-5-10-22(34-3)23(17-19)35-4)26(28-24)12-15-29(16-13-26)36(32,33)21-8-6-20(27)7-9-21/h5-10,17-18,24,28H,11-16H2,1-4H3/t24-/m0/s1. The zero-order chi connectivity index (χ0) is 26.1. The van der Waals surface area contributed by atoms with E-state index in [9.17, 15) is 17.6 Å². The number of hydrogen-bond donors (Lipinski definition) is 1. The number of benzene rings is 2. The maximum atomic E-state index is 13.4. The maximum Gasteiger partial charge on any atom is 0.243 e. The van der Waals surface area contributed by atoms with Gasteiger partial charge in [-0.25, -0.2) is 12.8 Å². The minimum absolute atomic E-state index is 0.0420. The van der Waals surface area contributed by atoms with E-state index in [4.69, 9.17) is 9.47 Å². The van der Waals surface area contributed by atoms with Gasteiger partial charge in [-0.05, 0) is 67.1 Å². The lowest BCUT2D eigenvalue weighted by Gasteiger charge is -2.44. The number of nitrogens with zero attached hydrogens (tertiary/aromatic N) is 2. The fraction of sp³-hybridized carbons (Fsp3) is 0.500. The molecule has 1 N–H and O–H groups in total. The second kappa shape index (κ2) is 10.4. The van der Waals surface area contributed by atoms with Gasteiger partial charge in [0.15, 0.2) is 11.5 Å². The Bertz CT molecular complexity index is 1190. The van der Waals surface area contributed by atoms with Gasteiger partial charge in [-0.2, -0.15) is 4.31 Å². The van der Waals surface area contributed by atoms with E-state index in [1.807, 2.05) is 36.9 Å². The summed E-state index contributed by atoms with van der Waals surface area (Å²) in [5.41, 5.74) is 0.400. The minimum Gasteiger partial charge on any atom is -0.493 e. The summed E-state index contributed by atoms with van der Waals surface area (Å²) in [5, 5.41) is 3.56. The summed E-state index contributed by atoms with van der Waals surface area (Å²) in [6, 6.07) is 10.3. The molecule has 196 valence electrons. The van der Waals surface area contributed by atoms with E-state index in [0.29, 0.717) is 37.3 Å². The van der Waals surface area contributed by atoms with Crippen molar-refractivity contribution in [3.63, 3.8) is 0 Å². The van der Waals surface area contributed by atoms with Crippen LogP contribution in [0.1, 0.15) is 32.3 Å². The van der Waals surface area contributed by atoms with Gasteiger partial charge in [-0.15, -0.1) is 0 Å². The van der Waals surface area contributed by atoms with Crippen molar-refractivity contribution in [3.05, 3.63) is 53.8 Å². The van der Waals surface area contributed by atoms with Crippen molar-refractivity contribution in [2.75, 3.05) is 33.9 Å². The van der Waals surface area contributed by atoms with Crippen LogP contribution in [0.25, 0.3) is 0 Å². The van der Waals surface area contributed by atoms with Crippen LogP contribution in [0.3, 0.4) is 0 Å². The van der Waals surface area contributed by atoms with E-state index in [-0.39, 0.29) is 35.9 Å². The maximum absolute atomic E-state index is 13.4. The highest BCUT2D eigenvalue weighted by Gasteiger charge is 2.52. The molecule has 2 saturated heterocycles. The van der Waals surface area contributed by atoms with Crippen LogP contribution in [0.15, 0.2) is 47.4 Å². The first-order valence-corrected chi connectivity index (χ1v) is 13.6. The molecular formula is C26H34FN3O5S. The molecule has 2 aromatic rings. The molecule has 10 heteroatoms. The third kappa shape index (κ3) is 4.94. The van der Waals surface area contributed by atoms with E-state index in [1.165, 1.54) is 16.4 Å². The third-order valence-electron chi connectivity index (χ3n) is 7.21. The molecule has 2 fully saturated rings. The van der Waals surface area contributed by atoms with Crippen molar-refractivity contribution in [1.82, 2.24) is 14.5 Å². The van der Waals surface area contributed by atoms with Crippen molar-refractivity contribution < 1.29 is 27.1 Å². The Kier molecular flexibility index (Phi) is 7.59. The topological polar surface area (TPSA) is 88.2 Å². The summed E-state index contributed by atoms with van der Waals surface area (Å²) < 4.78 is 51.7. The number of ether oxygens (including phenoxy) is 2. The van der Waals surface area contributed by atoms with Crippen molar-refractivity contribution in [2.24, 2.45) is 5.92 Å². The molecule has 0 radical (unpaired) electrons. The molecular weight excluding hydrogens is 485 g/mol. The molecule has 2 aliphatic heterocycles. The second-order valence-corrected chi connectivity index (χ2v) is 11.6. The number of rotatable bonds is 8. The Balaban J connectivity index is 1.52. The predicted octanol–water partition coefficient (Wildman–Crippen LogP) is 3.02. The lowest BCUT2D eigenvalue weighted by Crippen LogP contribution is -2.60. The summed E-state index contributed by atoms with van der Waals surface area (Å²) in [5.74, 6) is 0.938. The number of nitrogens with one attached hydrogen (secondary N) is 1. The van der Waals surface area contributed by atoms with Gasteiger partial charge in [0.05, 0.1) is 30.8 Å². The lowest BCUT2D eigenvalue weighted by molar-refractivity contribution is -0.133. The highest BCUT2D eigenvalue weighted by molar-refractivity contribution is 7.89. The van der Waals surface area contributed by atoms with Crippen LogP contribution in [0.4, 0.5) is 4.39 Å². The van der Waals surface area contributed by atoms with Crippen LogP contribution in [-0.2, 0) is 21.2 Å². The molecule has 0 saturated carbocycles. The van der Waals surface area contributed by atoms with Gasteiger partial charge in [-0.3, -0.25) is 10.1 Å². The summed E-state index contributed by atoms with van der Waals surface area (Å²) in [6.45, 7) is 5.04. The third-order valence-corrected chi connectivity index (χ3v) is 9.13. The largest absolute Gasteiger partial charge is 0.493 e. The van der Waals surface area contributed by atoms with E-state index in [0.717, 1.165) is 17.7 Å². The number of carbonyl (C=O) groups is 1. The van der Waals surface area contributed by atoms with Crippen molar-refractivity contribution in [1.29, 1.82) is 0 Å². The molecule has 0 bridgehead atoms. The monoisotopic (exact) mass is 519 g/mol. The molecule has 1 spiro atoms.